The van der Waals surface area contributed by atoms with Crippen LogP contribution < -0.4 is 0 Å². The second-order valence-electron chi connectivity index (χ2n) is 4.48. The molecule has 6 heteroatoms. The lowest BCUT2D eigenvalue weighted by atomic mass is 9.89. The fourth-order valence-corrected chi connectivity index (χ4v) is 2.52. The Morgan fingerprint density at radius 1 is 1.32 bits per heavy atom. The zero-order valence-corrected chi connectivity index (χ0v) is 11.1. The van der Waals surface area contributed by atoms with Crippen molar-refractivity contribution in [1.29, 1.82) is 0 Å². The molecule has 2 atom stereocenters. The molecule has 1 heterocycles. The maximum atomic E-state index is 11.8. The van der Waals surface area contributed by atoms with Gasteiger partial charge in [0.25, 0.3) is 0 Å². The Morgan fingerprint density at radius 3 is 2.47 bits per heavy atom. The van der Waals surface area contributed by atoms with Crippen LogP contribution in [0, 0.1) is 5.92 Å². The summed E-state index contributed by atoms with van der Waals surface area (Å²) in [6, 6.07) is 7.09. The first kappa shape index (κ1) is 13.7. The summed E-state index contributed by atoms with van der Waals surface area (Å²) in [5.41, 5.74) is 0.892. The van der Waals surface area contributed by atoms with Gasteiger partial charge in [-0.1, -0.05) is 23.7 Å². The van der Waals surface area contributed by atoms with Crippen LogP contribution in [0.2, 0.25) is 5.02 Å². The quantitative estimate of drug-likeness (QED) is 0.845. The maximum Gasteiger partial charge on any atom is 0.407 e. The molecule has 5 nitrogen and oxygen atoms in total. The third kappa shape index (κ3) is 2.81. The van der Waals surface area contributed by atoms with Gasteiger partial charge in [-0.25, -0.2) is 4.79 Å². The molecular formula is C13H14ClNO4. The van der Waals surface area contributed by atoms with E-state index in [9.17, 15) is 9.59 Å². The van der Waals surface area contributed by atoms with E-state index in [0.717, 1.165) is 5.56 Å². The Kier molecular flexibility index (Phi) is 3.95. The van der Waals surface area contributed by atoms with Crippen LogP contribution in [-0.2, 0) is 9.53 Å². The lowest BCUT2D eigenvalue weighted by Crippen LogP contribution is -2.28. The van der Waals surface area contributed by atoms with Gasteiger partial charge in [-0.2, -0.15) is 0 Å². The molecule has 19 heavy (non-hydrogen) atoms. The number of carboxylic acid groups (broad SMARTS) is 1. The molecule has 1 amide bonds. The smallest absolute Gasteiger partial charge is 0.407 e. The predicted octanol–water partition coefficient (Wildman–Crippen LogP) is 2.21. The normalized spacial score (nSPS) is 22.3. The molecule has 1 aliphatic rings. The first-order valence-electron chi connectivity index (χ1n) is 5.84. The number of nitrogens with zero attached hydrogens (tertiary/aromatic N) is 1. The molecule has 0 aromatic heterocycles. The molecule has 102 valence electrons. The molecular weight excluding hydrogens is 270 g/mol. The fraction of sp³-hybridized carbons (Fsp3) is 0.385. The summed E-state index contributed by atoms with van der Waals surface area (Å²) in [6.45, 7) is 0.450. The van der Waals surface area contributed by atoms with Crippen molar-refractivity contribution in [2.45, 2.75) is 5.92 Å². The van der Waals surface area contributed by atoms with Gasteiger partial charge in [-0.3, -0.25) is 4.79 Å². The van der Waals surface area contributed by atoms with Crippen molar-refractivity contribution >= 4 is 23.7 Å². The third-order valence-corrected chi connectivity index (χ3v) is 3.64. The van der Waals surface area contributed by atoms with Gasteiger partial charge in [0.05, 0.1) is 13.0 Å². The van der Waals surface area contributed by atoms with Crippen LogP contribution in [0.1, 0.15) is 11.5 Å². The largest absolute Gasteiger partial charge is 0.469 e. The zero-order chi connectivity index (χ0) is 14.0. The molecule has 2 rings (SSSR count). The van der Waals surface area contributed by atoms with Gasteiger partial charge in [0.15, 0.2) is 0 Å². The molecule has 0 radical (unpaired) electrons. The Bertz CT molecular complexity index is 488. The van der Waals surface area contributed by atoms with Gasteiger partial charge in [-0.15, -0.1) is 0 Å². The van der Waals surface area contributed by atoms with Crippen molar-refractivity contribution < 1.29 is 19.4 Å². The average Bonchev–Trinajstić information content (AvgIpc) is 2.84. The number of rotatable bonds is 2. The summed E-state index contributed by atoms with van der Waals surface area (Å²) in [6.07, 6.45) is -1.02. The molecule has 1 N–H and O–H groups in total. The SMILES string of the molecule is COC(=O)C1CN(C(=O)O)CC1c1ccc(Cl)cc1. The molecule has 0 aliphatic carbocycles. The summed E-state index contributed by atoms with van der Waals surface area (Å²) in [5.74, 6) is -1.05. The number of hydrogen-bond donors (Lipinski definition) is 1. The standard InChI is InChI=1S/C13H14ClNO4/c1-19-12(16)11-7-15(13(17)18)6-10(11)8-2-4-9(14)5-3-8/h2-5,10-11H,6-7H2,1H3,(H,17,18). The van der Waals surface area contributed by atoms with Crippen molar-refractivity contribution in [3.8, 4) is 0 Å². The van der Waals surface area contributed by atoms with Gasteiger partial charge >= 0.3 is 12.1 Å². The third-order valence-electron chi connectivity index (χ3n) is 3.39. The average molecular weight is 284 g/mol. The monoisotopic (exact) mass is 283 g/mol. The van der Waals surface area contributed by atoms with Crippen LogP contribution in [-0.4, -0.2) is 42.3 Å². The first-order chi connectivity index (χ1) is 9.02. The maximum absolute atomic E-state index is 11.8. The minimum Gasteiger partial charge on any atom is -0.469 e. The van der Waals surface area contributed by atoms with E-state index in [1.807, 2.05) is 12.1 Å². The van der Waals surface area contributed by atoms with Gasteiger partial charge < -0.3 is 14.7 Å². The summed E-state index contributed by atoms with van der Waals surface area (Å²) in [7, 11) is 1.31. The molecule has 0 saturated carbocycles. The van der Waals surface area contributed by atoms with E-state index in [4.69, 9.17) is 21.4 Å². The van der Waals surface area contributed by atoms with Crippen LogP contribution in [0.25, 0.3) is 0 Å². The second kappa shape index (κ2) is 5.48. The van der Waals surface area contributed by atoms with E-state index in [1.54, 1.807) is 12.1 Å². The van der Waals surface area contributed by atoms with Crippen molar-refractivity contribution in [2.24, 2.45) is 5.92 Å². The number of esters is 1. The summed E-state index contributed by atoms with van der Waals surface area (Å²) in [5, 5.41) is 9.65. The van der Waals surface area contributed by atoms with Crippen LogP contribution in [0.5, 0.6) is 0 Å². The van der Waals surface area contributed by atoms with Gasteiger partial charge in [0.1, 0.15) is 0 Å². The molecule has 1 saturated heterocycles. The lowest BCUT2D eigenvalue weighted by molar-refractivity contribution is -0.145. The highest BCUT2D eigenvalue weighted by molar-refractivity contribution is 6.30. The van der Waals surface area contributed by atoms with E-state index >= 15 is 0 Å². The fourth-order valence-electron chi connectivity index (χ4n) is 2.40. The first-order valence-corrected chi connectivity index (χ1v) is 6.22. The topological polar surface area (TPSA) is 66.8 Å². The van der Waals surface area contributed by atoms with Crippen LogP contribution >= 0.6 is 11.6 Å². The van der Waals surface area contributed by atoms with Gasteiger partial charge in [0, 0.05) is 24.0 Å². The van der Waals surface area contributed by atoms with E-state index in [1.165, 1.54) is 12.0 Å². The number of ether oxygens (including phenoxy) is 1. The van der Waals surface area contributed by atoms with E-state index < -0.39 is 12.0 Å². The molecule has 0 bridgehead atoms. The number of benzene rings is 1. The minimum absolute atomic E-state index is 0.162. The molecule has 1 fully saturated rings. The Hall–Kier alpha value is -1.75. The van der Waals surface area contributed by atoms with Crippen molar-refractivity contribution in [3.63, 3.8) is 0 Å². The second-order valence-corrected chi connectivity index (χ2v) is 4.91. The van der Waals surface area contributed by atoms with Crippen molar-refractivity contribution in [1.82, 2.24) is 4.90 Å². The van der Waals surface area contributed by atoms with Crippen LogP contribution in [0.15, 0.2) is 24.3 Å². The van der Waals surface area contributed by atoms with E-state index in [2.05, 4.69) is 0 Å². The number of hydrogen-bond acceptors (Lipinski definition) is 3. The highest BCUT2D eigenvalue weighted by atomic mass is 35.5. The van der Waals surface area contributed by atoms with Crippen LogP contribution in [0.3, 0.4) is 0 Å². The van der Waals surface area contributed by atoms with Crippen molar-refractivity contribution in [3.05, 3.63) is 34.9 Å². The molecule has 1 aliphatic heterocycles. The molecule has 2 unspecified atom stereocenters. The molecule has 1 aromatic carbocycles. The number of halogens is 1. The summed E-state index contributed by atoms with van der Waals surface area (Å²) < 4.78 is 4.75. The predicted molar refractivity (Wildman–Crippen MR) is 69.3 cm³/mol. The van der Waals surface area contributed by atoms with Crippen LogP contribution in [0.4, 0.5) is 4.79 Å². The van der Waals surface area contributed by atoms with Gasteiger partial charge in [-0.05, 0) is 17.7 Å². The van der Waals surface area contributed by atoms with Gasteiger partial charge in [0.2, 0.25) is 0 Å². The molecule has 1 aromatic rings. The Labute approximate surface area is 115 Å². The minimum atomic E-state index is -1.02. The number of carbonyl (C=O) groups is 2. The number of likely N-dealkylation sites (tertiary alicyclic amines) is 1. The molecule has 0 spiro atoms. The highest BCUT2D eigenvalue weighted by Crippen LogP contribution is 2.34. The highest BCUT2D eigenvalue weighted by Gasteiger charge is 2.41. The summed E-state index contributed by atoms with van der Waals surface area (Å²) in [4.78, 5) is 24.0. The lowest BCUT2D eigenvalue weighted by Gasteiger charge is -2.16. The zero-order valence-electron chi connectivity index (χ0n) is 10.4. The van der Waals surface area contributed by atoms with E-state index in [0.29, 0.717) is 5.02 Å². The Morgan fingerprint density at radius 2 is 1.95 bits per heavy atom. The van der Waals surface area contributed by atoms with E-state index in [-0.39, 0.29) is 25.0 Å². The summed E-state index contributed by atoms with van der Waals surface area (Å²) >= 11 is 5.83. The number of methoxy groups -OCH3 is 1. The Balaban J connectivity index is 2.27. The van der Waals surface area contributed by atoms with Crippen molar-refractivity contribution in [2.75, 3.05) is 20.2 Å². The number of amides is 1. The number of carbonyl (C=O) groups excluding carboxylic acids is 1.